The predicted molar refractivity (Wildman–Crippen MR) is 94.4 cm³/mol. The second kappa shape index (κ2) is 6.97. The van der Waals surface area contributed by atoms with Crippen molar-refractivity contribution in [2.75, 3.05) is 0 Å². The molecule has 2 N–H and O–H groups in total. The number of ether oxygens (including phenoxy) is 1. The van der Waals surface area contributed by atoms with E-state index in [4.69, 9.17) is 10.5 Å². The van der Waals surface area contributed by atoms with Crippen LogP contribution < -0.4 is 5.73 Å². The topological polar surface area (TPSA) is 52.3 Å². The van der Waals surface area contributed by atoms with E-state index in [9.17, 15) is 4.79 Å². The van der Waals surface area contributed by atoms with E-state index >= 15 is 0 Å². The van der Waals surface area contributed by atoms with Crippen LogP contribution in [0.4, 0.5) is 0 Å². The van der Waals surface area contributed by atoms with Crippen LogP contribution in [0.15, 0.2) is 48.5 Å². The third-order valence-electron chi connectivity index (χ3n) is 3.36. The highest BCUT2D eigenvalue weighted by Crippen LogP contribution is 2.22. The molecule has 2 rings (SSSR count). The first-order valence-electron chi connectivity index (χ1n) is 7.93. The van der Waals surface area contributed by atoms with Gasteiger partial charge in [0.2, 0.25) is 0 Å². The Hall–Kier alpha value is -2.13. The zero-order chi connectivity index (χ0) is 17.0. The Kier molecular flexibility index (Phi) is 5.22. The zero-order valence-electron chi connectivity index (χ0n) is 14.3. The number of nitrogens with two attached hydrogens (primary N) is 1. The van der Waals surface area contributed by atoms with Gasteiger partial charge in [-0.3, -0.25) is 0 Å². The molecule has 0 saturated carbocycles. The van der Waals surface area contributed by atoms with Crippen LogP contribution in [0.3, 0.4) is 0 Å². The van der Waals surface area contributed by atoms with Crippen LogP contribution in [0.2, 0.25) is 0 Å². The maximum Gasteiger partial charge on any atom is 0.338 e. The molecule has 0 saturated heterocycles. The predicted octanol–water partition coefficient (Wildman–Crippen LogP) is 4.20. The summed E-state index contributed by atoms with van der Waals surface area (Å²) in [5.41, 5.74) is 9.33. The Balaban J connectivity index is 2.11. The van der Waals surface area contributed by atoms with Crippen molar-refractivity contribution < 1.29 is 9.53 Å². The highest BCUT2D eigenvalue weighted by atomic mass is 16.6. The lowest BCUT2D eigenvalue weighted by Gasteiger charge is -2.19. The Morgan fingerprint density at radius 3 is 1.91 bits per heavy atom. The number of hydrogen-bond donors (Lipinski definition) is 1. The van der Waals surface area contributed by atoms with E-state index < -0.39 is 5.60 Å². The lowest BCUT2D eigenvalue weighted by molar-refractivity contribution is 0.00696. The number of hydrogen-bond acceptors (Lipinski definition) is 3. The van der Waals surface area contributed by atoms with Gasteiger partial charge in [0.15, 0.2) is 0 Å². The summed E-state index contributed by atoms with van der Waals surface area (Å²) in [6, 6.07) is 16.0. The number of carbonyl (C=O) groups is 1. The first-order chi connectivity index (χ1) is 10.7. The summed E-state index contributed by atoms with van der Waals surface area (Å²) in [6.45, 7) is 7.60. The fourth-order valence-electron chi connectivity index (χ4n) is 2.34. The fraction of sp³-hybridized carbons (Fsp3) is 0.350. The lowest BCUT2D eigenvalue weighted by Crippen LogP contribution is -2.23. The SMILES string of the molecule is CC(N)Cc1ccc(-c2ccc(C(=O)OC(C)(C)C)cc2)cc1. The first-order valence-corrected chi connectivity index (χ1v) is 7.93. The Morgan fingerprint density at radius 1 is 1.00 bits per heavy atom. The maximum absolute atomic E-state index is 12.0. The molecule has 0 aliphatic carbocycles. The summed E-state index contributed by atoms with van der Waals surface area (Å²) in [5.74, 6) is -0.295. The normalized spacial score (nSPS) is 12.7. The molecule has 1 atom stereocenters. The number of esters is 1. The van der Waals surface area contributed by atoms with Gasteiger partial charge in [0.05, 0.1) is 5.56 Å². The van der Waals surface area contributed by atoms with E-state index in [0.29, 0.717) is 5.56 Å². The third kappa shape index (κ3) is 5.22. The fourth-order valence-corrected chi connectivity index (χ4v) is 2.34. The molecular formula is C20H25NO2. The van der Waals surface area contributed by atoms with E-state index in [0.717, 1.165) is 17.5 Å². The summed E-state index contributed by atoms with van der Waals surface area (Å²) in [7, 11) is 0. The Labute approximate surface area is 138 Å². The van der Waals surface area contributed by atoms with Crippen LogP contribution in [0.1, 0.15) is 43.6 Å². The summed E-state index contributed by atoms with van der Waals surface area (Å²) in [5, 5.41) is 0. The van der Waals surface area contributed by atoms with Crippen LogP contribution in [0.5, 0.6) is 0 Å². The van der Waals surface area contributed by atoms with Crippen LogP contribution in [0.25, 0.3) is 11.1 Å². The summed E-state index contributed by atoms with van der Waals surface area (Å²) < 4.78 is 5.37. The van der Waals surface area contributed by atoms with Crippen molar-refractivity contribution in [3.63, 3.8) is 0 Å². The highest BCUT2D eigenvalue weighted by Gasteiger charge is 2.17. The van der Waals surface area contributed by atoms with Crippen molar-refractivity contribution >= 4 is 5.97 Å². The first kappa shape index (κ1) is 17.2. The van der Waals surface area contributed by atoms with Gasteiger partial charge < -0.3 is 10.5 Å². The zero-order valence-corrected chi connectivity index (χ0v) is 14.3. The largest absolute Gasteiger partial charge is 0.456 e. The summed E-state index contributed by atoms with van der Waals surface area (Å²) in [4.78, 5) is 12.0. The van der Waals surface area contributed by atoms with E-state index in [1.807, 2.05) is 39.8 Å². The van der Waals surface area contributed by atoms with Crippen molar-refractivity contribution in [1.82, 2.24) is 0 Å². The molecule has 0 amide bonds. The van der Waals surface area contributed by atoms with E-state index in [-0.39, 0.29) is 12.0 Å². The van der Waals surface area contributed by atoms with Crippen LogP contribution >= 0.6 is 0 Å². The molecule has 23 heavy (non-hydrogen) atoms. The van der Waals surface area contributed by atoms with Crippen molar-refractivity contribution in [1.29, 1.82) is 0 Å². The second-order valence-corrected chi connectivity index (χ2v) is 6.96. The van der Waals surface area contributed by atoms with Crippen LogP contribution in [0, 0.1) is 0 Å². The molecule has 122 valence electrons. The smallest absolute Gasteiger partial charge is 0.338 e. The molecule has 0 aliphatic heterocycles. The average Bonchev–Trinajstić information content (AvgIpc) is 2.46. The minimum atomic E-state index is -0.480. The minimum Gasteiger partial charge on any atom is -0.456 e. The second-order valence-electron chi connectivity index (χ2n) is 6.96. The number of benzene rings is 2. The van der Waals surface area contributed by atoms with Gasteiger partial charge in [-0.1, -0.05) is 36.4 Å². The van der Waals surface area contributed by atoms with Gasteiger partial charge in [0.25, 0.3) is 0 Å². The highest BCUT2D eigenvalue weighted by molar-refractivity contribution is 5.90. The molecule has 0 spiro atoms. The molecule has 0 fully saturated rings. The molecule has 2 aromatic rings. The van der Waals surface area contributed by atoms with E-state index in [1.54, 1.807) is 12.1 Å². The molecule has 3 nitrogen and oxygen atoms in total. The minimum absolute atomic E-state index is 0.161. The molecule has 0 heterocycles. The van der Waals surface area contributed by atoms with E-state index in [1.165, 1.54) is 5.56 Å². The Bertz CT molecular complexity index is 650. The standard InChI is InChI=1S/C20H25NO2/c1-14(21)13-15-5-7-16(8-6-15)17-9-11-18(12-10-17)19(22)23-20(2,3)4/h5-12,14H,13,21H2,1-4H3. The van der Waals surface area contributed by atoms with Gasteiger partial charge in [0, 0.05) is 6.04 Å². The molecule has 0 aromatic heterocycles. The van der Waals surface area contributed by atoms with Gasteiger partial charge in [-0.25, -0.2) is 4.79 Å². The van der Waals surface area contributed by atoms with Crippen molar-refractivity contribution in [2.24, 2.45) is 5.73 Å². The van der Waals surface area contributed by atoms with Crippen molar-refractivity contribution in [3.8, 4) is 11.1 Å². The third-order valence-corrected chi connectivity index (χ3v) is 3.36. The van der Waals surface area contributed by atoms with Gasteiger partial charge in [0.1, 0.15) is 5.60 Å². The van der Waals surface area contributed by atoms with Gasteiger partial charge in [-0.2, -0.15) is 0 Å². The van der Waals surface area contributed by atoms with Crippen molar-refractivity contribution in [2.45, 2.75) is 45.8 Å². The number of rotatable bonds is 4. The molecule has 0 bridgehead atoms. The molecule has 0 radical (unpaired) electrons. The molecular weight excluding hydrogens is 286 g/mol. The van der Waals surface area contributed by atoms with Gasteiger partial charge in [-0.15, -0.1) is 0 Å². The maximum atomic E-state index is 12.0. The molecule has 1 unspecified atom stereocenters. The van der Waals surface area contributed by atoms with Crippen LogP contribution in [-0.4, -0.2) is 17.6 Å². The van der Waals surface area contributed by atoms with Crippen LogP contribution in [-0.2, 0) is 11.2 Å². The summed E-state index contributed by atoms with van der Waals surface area (Å²) >= 11 is 0. The Morgan fingerprint density at radius 2 is 1.48 bits per heavy atom. The lowest BCUT2D eigenvalue weighted by atomic mass is 10.0. The average molecular weight is 311 g/mol. The molecule has 0 aliphatic rings. The quantitative estimate of drug-likeness (QED) is 0.861. The number of carbonyl (C=O) groups excluding carboxylic acids is 1. The molecule has 3 heteroatoms. The van der Waals surface area contributed by atoms with Gasteiger partial charge >= 0.3 is 5.97 Å². The van der Waals surface area contributed by atoms with Gasteiger partial charge in [-0.05, 0) is 62.9 Å². The molecule has 2 aromatic carbocycles. The monoisotopic (exact) mass is 311 g/mol. The summed E-state index contributed by atoms with van der Waals surface area (Å²) in [6.07, 6.45) is 0.873. The van der Waals surface area contributed by atoms with E-state index in [2.05, 4.69) is 24.3 Å². The van der Waals surface area contributed by atoms with Crippen molar-refractivity contribution in [3.05, 3.63) is 59.7 Å².